The fourth-order valence-electron chi connectivity index (χ4n) is 0.400. The first kappa shape index (κ1) is 6.06. The Morgan fingerprint density at radius 2 is 2.50 bits per heavy atom. The molecule has 1 rings (SSSR count). The Hall–Kier alpha value is -0.0700. The van der Waals surface area contributed by atoms with Gasteiger partial charge in [-0.05, 0) is 0 Å². The summed E-state index contributed by atoms with van der Waals surface area (Å²) in [6.45, 7) is 0. The van der Waals surface area contributed by atoms with Crippen LogP contribution in [0.1, 0.15) is 0 Å². The Labute approximate surface area is 60.6 Å². The zero-order valence-electron chi connectivity index (χ0n) is 4.25. The van der Waals surface area contributed by atoms with Crippen LogP contribution in [0.2, 0.25) is 0 Å². The summed E-state index contributed by atoms with van der Waals surface area (Å²) in [5.74, 6) is 0. The Morgan fingerprint density at radius 3 is 2.62 bits per heavy atom. The summed E-state index contributed by atoms with van der Waals surface area (Å²) < 4.78 is 13.8. The van der Waals surface area contributed by atoms with Crippen molar-refractivity contribution in [3.8, 4) is 0 Å². The molecule has 0 radical (unpaired) electrons. The van der Waals surface area contributed by atoms with Crippen LogP contribution in [0, 0.1) is 0 Å². The molecule has 0 N–H and O–H groups in total. The third-order valence-corrected chi connectivity index (χ3v) is 1.56. The van der Waals surface area contributed by atoms with Gasteiger partial charge in [-0.2, -0.15) is 9.49 Å². The largest absolute Gasteiger partial charge is 0.273 e. The average molecular weight is 229 g/mol. The molecule has 0 saturated carbocycles. The quantitative estimate of drug-likeness (QED) is 0.347. The maximum atomic E-state index is 12.4. The van der Waals surface area contributed by atoms with Gasteiger partial charge in [-0.1, -0.05) is 0 Å². The van der Waals surface area contributed by atoms with Gasteiger partial charge < -0.3 is 0 Å². The van der Waals surface area contributed by atoms with Crippen molar-refractivity contribution in [1.29, 1.82) is 0 Å². The van der Waals surface area contributed by atoms with Gasteiger partial charge in [0.2, 0.25) is 0 Å². The molecule has 0 bridgehead atoms. The van der Waals surface area contributed by atoms with Crippen molar-refractivity contribution in [3.05, 3.63) is 0 Å². The van der Waals surface area contributed by atoms with E-state index in [4.69, 9.17) is 0 Å². The van der Waals surface area contributed by atoms with Gasteiger partial charge in [-0.15, -0.1) is 0 Å². The van der Waals surface area contributed by atoms with Gasteiger partial charge in [-0.3, -0.25) is 3.11 Å². The van der Waals surface area contributed by atoms with Crippen molar-refractivity contribution in [2.45, 2.75) is 6.42 Å². The third kappa shape index (κ3) is 0.862. The molecule has 0 aliphatic carbocycles. The van der Waals surface area contributed by atoms with E-state index in [1.165, 1.54) is 14.5 Å². The van der Waals surface area contributed by atoms with Crippen LogP contribution in [-0.2, 0) is 0 Å². The van der Waals surface area contributed by atoms with Gasteiger partial charge in [0, 0.05) is 7.05 Å². The third-order valence-electron chi connectivity index (χ3n) is 0.856. The van der Waals surface area contributed by atoms with E-state index < -0.39 is 6.42 Å². The summed E-state index contributed by atoms with van der Waals surface area (Å²) in [4.78, 5) is 0. The maximum Gasteiger partial charge on any atom is 0.273 e. The van der Waals surface area contributed by atoms with E-state index in [1.807, 2.05) is 22.9 Å². The first-order valence-corrected chi connectivity index (χ1v) is 3.03. The molecule has 0 saturated heterocycles. The number of hydrogen-bond acceptors (Lipinski definition) is 3. The van der Waals surface area contributed by atoms with E-state index in [0.29, 0.717) is 0 Å². The van der Waals surface area contributed by atoms with Gasteiger partial charge in [0.15, 0.2) is 0 Å². The highest BCUT2D eigenvalue weighted by Crippen LogP contribution is 2.14. The zero-order valence-corrected chi connectivity index (χ0v) is 6.41. The van der Waals surface area contributed by atoms with Crippen LogP contribution in [0.3, 0.4) is 0 Å². The summed E-state index contributed by atoms with van der Waals surface area (Å²) in [6.07, 6.45) is 0.348. The molecule has 8 heavy (non-hydrogen) atoms. The Morgan fingerprint density at radius 1 is 1.88 bits per heavy atom. The highest BCUT2D eigenvalue weighted by Gasteiger charge is 2.21. The molecule has 0 spiro atoms. The molecule has 1 aliphatic rings. The molecule has 46 valence electrons. The van der Waals surface area contributed by atoms with Crippen molar-refractivity contribution in [3.63, 3.8) is 0 Å². The molecule has 0 aromatic rings. The second kappa shape index (κ2) is 2.04. The first-order valence-electron chi connectivity index (χ1n) is 2.07. The second-order valence-corrected chi connectivity index (χ2v) is 2.57. The Kier molecular flexibility index (Phi) is 1.54. The van der Waals surface area contributed by atoms with Crippen molar-refractivity contribution in [2.75, 3.05) is 7.05 Å². The van der Waals surface area contributed by atoms with E-state index >= 15 is 0 Å². The van der Waals surface area contributed by atoms with Crippen LogP contribution in [0.25, 0.3) is 0 Å². The standard InChI is InChI=1S/C3H5FIN3/c1-7-3(4)8(5)2-6-7/h2-3H,1H3. The first-order chi connectivity index (χ1) is 3.72. The summed E-state index contributed by atoms with van der Waals surface area (Å²) in [7, 11) is 1.58. The SMILES string of the molecule is CN1N=CN(I)C1F. The molecule has 1 heterocycles. The molecule has 1 aliphatic heterocycles. The molecule has 0 aromatic heterocycles. The highest BCUT2D eigenvalue weighted by atomic mass is 127. The van der Waals surface area contributed by atoms with Gasteiger partial charge >= 0.3 is 0 Å². The van der Waals surface area contributed by atoms with Crippen LogP contribution in [0.4, 0.5) is 4.39 Å². The molecule has 1 atom stereocenters. The molecule has 0 aromatic carbocycles. The number of nitrogens with zero attached hydrogens (tertiary/aromatic N) is 3. The number of halogens is 2. The number of alkyl halides is 1. The summed E-state index contributed by atoms with van der Waals surface area (Å²) in [6, 6.07) is 0. The van der Waals surface area contributed by atoms with Crippen LogP contribution >= 0.6 is 22.9 Å². The lowest BCUT2D eigenvalue weighted by Crippen LogP contribution is -2.26. The minimum atomic E-state index is -1.09. The fourth-order valence-corrected chi connectivity index (χ4v) is 0.872. The Bertz CT molecular complexity index is 105. The number of hydrogen-bond donors (Lipinski definition) is 0. The topological polar surface area (TPSA) is 18.8 Å². The van der Waals surface area contributed by atoms with Crippen LogP contribution in [0.5, 0.6) is 0 Å². The van der Waals surface area contributed by atoms with Gasteiger partial charge in [0.25, 0.3) is 6.42 Å². The van der Waals surface area contributed by atoms with Crippen molar-refractivity contribution in [1.82, 2.24) is 8.12 Å². The predicted molar refractivity (Wildman–Crippen MR) is 37.0 cm³/mol. The van der Waals surface area contributed by atoms with E-state index in [1.54, 1.807) is 7.05 Å². The maximum absolute atomic E-state index is 12.4. The number of rotatable bonds is 0. The smallest absolute Gasteiger partial charge is 0.253 e. The normalized spacial score (nSPS) is 27.6. The van der Waals surface area contributed by atoms with Crippen molar-refractivity contribution < 1.29 is 4.39 Å². The van der Waals surface area contributed by atoms with E-state index in [2.05, 4.69) is 5.10 Å². The lowest BCUT2D eigenvalue weighted by atomic mass is 10.9. The summed E-state index contributed by atoms with van der Waals surface area (Å²) >= 11 is 1.84. The highest BCUT2D eigenvalue weighted by molar-refractivity contribution is 14.1. The zero-order chi connectivity index (χ0) is 6.15. The number of hydrazone groups is 1. The molecule has 3 nitrogen and oxygen atoms in total. The van der Waals surface area contributed by atoms with Gasteiger partial charge in [-0.25, -0.2) is 5.01 Å². The lowest BCUT2D eigenvalue weighted by Gasteiger charge is -2.13. The summed E-state index contributed by atoms with van der Waals surface area (Å²) in [5.41, 5.74) is 0. The van der Waals surface area contributed by atoms with Crippen LogP contribution < -0.4 is 0 Å². The molecule has 0 fully saturated rings. The summed E-state index contributed by atoms with van der Waals surface area (Å²) in [5, 5.41) is 4.89. The second-order valence-electron chi connectivity index (χ2n) is 1.46. The molecule has 1 unspecified atom stereocenters. The van der Waals surface area contributed by atoms with E-state index in [9.17, 15) is 4.39 Å². The fraction of sp³-hybridized carbons (Fsp3) is 0.667. The van der Waals surface area contributed by atoms with Crippen molar-refractivity contribution in [2.24, 2.45) is 5.10 Å². The molecule has 5 heteroatoms. The van der Waals surface area contributed by atoms with E-state index in [0.717, 1.165) is 0 Å². The monoisotopic (exact) mass is 229 g/mol. The molecular weight excluding hydrogens is 224 g/mol. The minimum absolute atomic E-state index is 1.09. The predicted octanol–water partition coefficient (Wildman–Crippen LogP) is 0.780. The average Bonchev–Trinajstić information content (AvgIpc) is 1.98. The van der Waals surface area contributed by atoms with E-state index in [-0.39, 0.29) is 0 Å². The molecule has 0 amide bonds. The van der Waals surface area contributed by atoms with Crippen LogP contribution in [0.15, 0.2) is 5.10 Å². The van der Waals surface area contributed by atoms with Gasteiger partial charge in [0.05, 0.1) is 22.9 Å². The lowest BCUT2D eigenvalue weighted by molar-refractivity contribution is 0.0873. The minimum Gasteiger partial charge on any atom is -0.253 e. The Balaban J connectivity index is 2.55. The molecular formula is C3H5FIN3. The van der Waals surface area contributed by atoms with Crippen molar-refractivity contribution >= 4 is 29.2 Å². The van der Waals surface area contributed by atoms with Gasteiger partial charge in [0.1, 0.15) is 6.34 Å². The van der Waals surface area contributed by atoms with Crippen LogP contribution in [-0.4, -0.2) is 27.9 Å².